The molecule has 0 radical (unpaired) electrons. The van der Waals surface area contributed by atoms with Gasteiger partial charge in [-0.25, -0.2) is 9.18 Å². The normalized spacial score (nSPS) is 10.9. The van der Waals surface area contributed by atoms with Crippen LogP contribution in [-0.2, 0) is 0 Å². The van der Waals surface area contributed by atoms with Gasteiger partial charge in [0.1, 0.15) is 17.1 Å². The highest BCUT2D eigenvalue weighted by Gasteiger charge is 2.15. The van der Waals surface area contributed by atoms with Crippen LogP contribution in [0.3, 0.4) is 0 Å². The van der Waals surface area contributed by atoms with E-state index >= 15 is 0 Å². The number of carbonyl (C=O) groups excluding carboxylic acids is 1. The zero-order chi connectivity index (χ0) is 16.3. The summed E-state index contributed by atoms with van der Waals surface area (Å²) < 4.78 is 22.9. The molecule has 0 bridgehead atoms. The van der Waals surface area contributed by atoms with Crippen LogP contribution < -0.4 is 10.4 Å². The van der Waals surface area contributed by atoms with Crippen molar-refractivity contribution < 1.29 is 23.4 Å². The fourth-order valence-electron chi connectivity index (χ4n) is 1.86. The maximum atomic E-state index is 13.3. The fraction of sp³-hybridized carbons (Fsp3) is 0.125. The Kier molecular flexibility index (Phi) is 4.41. The Morgan fingerprint density at radius 1 is 1.36 bits per heavy atom. The minimum absolute atomic E-state index is 0.0345. The van der Waals surface area contributed by atoms with Crippen LogP contribution in [0.5, 0.6) is 11.5 Å². The lowest BCUT2D eigenvalue weighted by Crippen LogP contribution is -2.12. The molecule has 1 N–H and O–H groups in total. The number of ether oxygens (including phenoxy) is 1. The molecule has 2 rings (SSSR count). The third-order valence-corrected chi connectivity index (χ3v) is 2.90. The van der Waals surface area contributed by atoms with Gasteiger partial charge in [-0.3, -0.25) is 4.79 Å². The molecule has 0 amide bonds. The molecule has 1 aromatic carbocycles. The van der Waals surface area contributed by atoms with Gasteiger partial charge in [-0.15, -0.1) is 0 Å². The summed E-state index contributed by atoms with van der Waals surface area (Å²) in [5.41, 5.74) is -0.859. The highest BCUT2D eigenvalue weighted by atomic mass is 19.1. The summed E-state index contributed by atoms with van der Waals surface area (Å²) in [7, 11) is 1.33. The van der Waals surface area contributed by atoms with Gasteiger partial charge in [0.25, 0.3) is 0 Å². The minimum atomic E-state index is -0.913. The largest absolute Gasteiger partial charge is 0.507 e. The lowest BCUT2D eigenvalue weighted by atomic mass is 10.1. The van der Waals surface area contributed by atoms with Crippen molar-refractivity contribution in [3.8, 4) is 11.5 Å². The molecule has 2 aromatic rings. The van der Waals surface area contributed by atoms with Gasteiger partial charge in [0, 0.05) is 6.07 Å². The summed E-state index contributed by atoms with van der Waals surface area (Å²) in [5.74, 6) is -1.45. The molecular weight excluding hydrogens is 291 g/mol. The van der Waals surface area contributed by atoms with Crippen molar-refractivity contribution in [3.05, 3.63) is 63.5 Å². The van der Waals surface area contributed by atoms with Crippen LogP contribution in [0, 0.1) is 12.7 Å². The minimum Gasteiger partial charge on any atom is -0.507 e. The van der Waals surface area contributed by atoms with Crippen LogP contribution in [0.2, 0.25) is 0 Å². The third kappa shape index (κ3) is 3.22. The second-order valence-corrected chi connectivity index (χ2v) is 4.50. The van der Waals surface area contributed by atoms with Crippen molar-refractivity contribution >= 4 is 11.9 Å². The Labute approximate surface area is 125 Å². The van der Waals surface area contributed by atoms with Crippen molar-refractivity contribution in [1.29, 1.82) is 0 Å². The molecular formula is C16H13FO5. The summed E-state index contributed by atoms with van der Waals surface area (Å²) in [5, 5.41) is 9.67. The van der Waals surface area contributed by atoms with Crippen molar-refractivity contribution in [2.45, 2.75) is 6.92 Å². The molecule has 0 unspecified atom stereocenters. The predicted octanol–water partition coefficient (Wildman–Crippen LogP) is 2.70. The van der Waals surface area contributed by atoms with Gasteiger partial charge in [-0.05, 0) is 30.7 Å². The first-order chi connectivity index (χ1) is 10.4. The van der Waals surface area contributed by atoms with Crippen molar-refractivity contribution in [2.24, 2.45) is 0 Å². The average molecular weight is 304 g/mol. The molecule has 22 heavy (non-hydrogen) atoms. The van der Waals surface area contributed by atoms with Crippen molar-refractivity contribution in [1.82, 2.24) is 0 Å². The predicted molar refractivity (Wildman–Crippen MR) is 77.7 cm³/mol. The first-order valence-electron chi connectivity index (χ1n) is 6.32. The van der Waals surface area contributed by atoms with Gasteiger partial charge in [0.2, 0.25) is 0 Å². The van der Waals surface area contributed by atoms with E-state index in [1.54, 1.807) is 0 Å². The van der Waals surface area contributed by atoms with E-state index in [0.29, 0.717) is 5.56 Å². The van der Waals surface area contributed by atoms with E-state index in [4.69, 9.17) is 9.15 Å². The van der Waals surface area contributed by atoms with E-state index in [-0.39, 0.29) is 11.5 Å². The van der Waals surface area contributed by atoms with E-state index in [1.165, 1.54) is 44.4 Å². The van der Waals surface area contributed by atoms with Gasteiger partial charge >= 0.3 is 5.63 Å². The Morgan fingerprint density at radius 3 is 2.73 bits per heavy atom. The Balaban J connectivity index is 2.31. The molecule has 1 heterocycles. The van der Waals surface area contributed by atoms with Gasteiger partial charge in [0.15, 0.2) is 17.3 Å². The molecule has 0 atom stereocenters. The molecule has 1 aromatic heterocycles. The van der Waals surface area contributed by atoms with Crippen LogP contribution in [0.4, 0.5) is 4.39 Å². The fourth-order valence-corrected chi connectivity index (χ4v) is 1.86. The lowest BCUT2D eigenvalue weighted by Gasteiger charge is -2.02. The Hall–Kier alpha value is -2.89. The second kappa shape index (κ2) is 6.26. The number of rotatable bonds is 4. The molecule has 0 aliphatic carbocycles. The molecule has 0 saturated heterocycles. The molecule has 0 fully saturated rings. The lowest BCUT2D eigenvalue weighted by molar-refractivity contribution is 0.104. The SMILES string of the molecule is COc1cc(/C=C/C(=O)c2c(O)cc(C)oc2=O)ccc1F. The zero-order valence-corrected chi connectivity index (χ0v) is 11.9. The van der Waals surface area contributed by atoms with E-state index in [9.17, 15) is 19.1 Å². The van der Waals surface area contributed by atoms with Crippen LogP contribution in [0.25, 0.3) is 6.08 Å². The smallest absolute Gasteiger partial charge is 0.351 e. The maximum absolute atomic E-state index is 13.3. The standard InChI is InChI=1S/C16H13FO5/c1-9-7-13(19)15(16(20)22-9)12(18)6-4-10-3-5-11(17)14(8-10)21-2/h3-8,19H,1-2H3/b6-4+. The third-order valence-electron chi connectivity index (χ3n) is 2.90. The molecule has 0 spiro atoms. The number of benzene rings is 1. The Bertz CT molecular complexity index is 805. The van der Waals surface area contributed by atoms with Gasteiger partial charge in [0.05, 0.1) is 7.11 Å². The van der Waals surface area contributed by atoms with Gasteiger partial charge < -0.3 is 14.3 Å². The number of allylic oxidation sites excluding steroid dienone is 1. The summed E-state index contributed by atoms with van der Waals surface area (Å²) in [6.07, 6.45) is 2.47. The number of hydrogen-bond donors (Lipinski definition) is 1. The van der Waals surface area contributed by atoms with Crippen LogP contribution >= 0.6 is 0 Å². The van der Waals surface area contributed by atoms with Crippen molar-refractivity contribution in [3.63, 3.8) is 0 Å². The monoisotopic (exact) mass is 304 g/mol. The summed E-state index contributed by atoms with van der Waals surface area (Å²) in [6.45, 7) is 1.48. The quantitative estimate of drug-likeness (QED) is 0.694. The molecule has 6 heteroatoms. The van der Waals surface area contributed by atoms with Crippen LogP contribution in [-0.4, -0.2) is 18.0 Å². The molecule has 114 valence electrons. The maximum Gasteiger partial charge on any atom is 0.351 e. The van der Waals surface area contributed by atoms with Crippen LogP contribution in [0.1, 0.15) is 21.7 Å². The molecule has 5 nitrogen and oxygen atoms in total. The second-order valence-electron chi connectivity index (χ2n) is 4.50. The zero-order valence-electron chi connectivity index (χ0n) is 11.9. The summed E-state index contributed by atoms with van der Waals surface area (Å²) in [6, 6.07) is 5.22. The van der Waals surface area contributed by atoms with E-state index in [0.717, 1.165) is 6.08 Å². The number of aromatic hydroxyl groups is 1. The van der Waals surface area contributed by atoms with E-state index < -0.39 is 28.5 Å². The molecule has 0 aliphatic rings. The van der Waals surface area contributed by atoms with Crippen molar-refractivity contribution in [2.75, 3.05) is 7.11 Å². The number of hydrogen-bond acceptors (Lipinski definition) is 5. The van der Waals surface area contributed by atoms with E-state index in [1.807, 2.05) is 0 Å². The van der Waals surface area contributed by atoms with Gasteiger partial charge in [-0.1, -0.05) is 12.1 Å². The summed E-state index contributed by atoms with van der Waals surface area (Å²) >= 11 is 0. The highest BCUT2D eigenvalue weighted by Crippen LogP contribution is 2.20. The first kappa shape index (κ1) is 15.5. The van der Waals surface area contributed by atoms with Gasteiger partial charge in [-0.2, -0.15) is 0 Å². The van der Waals surface area contributed by atoms with E-state index in [2.05, 4.69) is 0 Å². The number of carbonyl (C=O) groups is 1. The average Bonchev–Trinajstić information content (AvgIpc) is 2.45. The topological polar surface area (TPSA) is 76.7 Å². The number of methoxy groups -OCH3 is 1. The number of ketones is 1. The Morgan fingerprint density at radius 2 is 2.09 bits per heavy atom. The highest BCUT2D eigenvalue weighted by molar-refractivity contribution is 6.08. The molecule has 0 aliphatic heterocycles. The first-order valence-corrected chi connectivity index (χ1v) is 6.32. The summed E-state index contributed by atoms with van der Waals surface area (Å²) in [4.78, 5) is 23.6. The number of aryl methyl sites for hydroxylation is 1. The van der Waals surface area contributed by atoms with Crippen LogP contribution in [0.15, 0.2) is 39.6 Å². The number of halogens is 1. The molecule has 0 saturated carbocycles.